The van der Waals surface area contributed by atoms with E-state index in [-0.39, 0.29) is 0 Å². The molecule has 0 saturated carbocycles. The predicted octanol–water partition coefficient (Wildman–Crippen LogP) is 1.59. The summed E-state index contributed by atoms with van der Waals surface area (Å²) in [6, 6.07) is 8.61. The molecule has 1 aromatic rings. The van der Waals surface area contributed by atoms with E-state index in [1.807, 2.05) is 14.0 Å². The minimum Gasteiger partial charge on any atom is -0.357 e. The summed E-state index contributed by atoms with van der Waals surface area (Å²) in [6.45, 7) is 6.73. The Balaban J connectivity index is 2.56. The number of aliphatic imine (C=N–C) groups is 1. The van der Waals surface area contributed by atoms with Crippen LogP contribution in [0.5, 0.6) is 0 Å². The molecular formula is C17H30N4O2S. The molecule has 0 aliphatic carbocycles. The molecule has 0 unspecified atom stereocenters. The smallest absolute Gasteiger partial charge is 0.208 e. The summed E-state index contributed by atoms with van der Waals surface area (Å²) in [4.78, 5) is 6.64. The van der Waals surface area contributed by atoms with Gasteiger partial charge in [0.25, 0.3) is 0 Å². The number of benzene rings is 1. The SMILES string of the molecule is CCNC(=NCCCNS(C)(=O)=O)N(C)Cc1ccc(CC)cc1. The molecule has 2 N–H and O–H groups in total. The number of nitrogens with zero attached hydrogens (tertiary/aromatic N) is 2. The van der Waals surface area contributed by atoms with Crippen molar-refractivity contribution < 1.29 is 8.42 Å². The van der Waals surface area contributed by atoms with Crippen molar-refractivity contribution in [2.45, 2.75) is 33.2 Å². The van der Waals surface area contributed by atoms with E-state index in [2.05, 4.69) is 51.1 Å². The highest BCUT2D eigenvalue weighted by atomic mass is 32.2. The summed E-state index contributed by atoms with van der Waals surface area (Å²) in [5.41, 5.74) is 2.57. The van der Waals surface area contributed by atoms with Crippen LogP contribution in [0.4, 0.5) is 0 Å². The van der Waals surface area contributed by atoms with Crippen molar-refractivity contribution in [3.05, 3.63) is 35.4 Å². The second-order valence-electron chi connectivity index (χ2n) is 5.78. The minimum atomic E-state index is -3.12. The van der Waals surface area contributed by atoms with Crippen molar-refractivity contribution in [2.75, 3.05) is 32.9 Å². The second-order valence-corrected chi connectivity index (χ2v) is 7.61. The lowest BCUT2D eigenvalue weighted by Crippen LogP contribution is -2.38. The van der Waals surface area contributed by atoms with Crippen LogP contribution in [-0.2, 0) is 23.0 Å². The van der Waals surface area contributed by atoms with Crippen molar-refractivity contribution >= 4 is 16.0 Å². The first-order valence-electron chi connectivity index (χ1n) is 8.37. The molecule has 0 atom stereocenters. The third-order valence-corrected chi connectivity index (χ3v) is 4.24. The molecule has 24 heavy (non-hydrogen) atoms. The zero-order chi connectivity index (χ0) is 18.0. The van der Waals surface area contributed by atoms with Crippen LogP contribution in [0, 0.1) is 0 Å². The number of hydrogen-bond acceptors (Lipinski definition) is 3. The van der Waals surface area contributed by atoms with Gasteiger partial charge in [-0.3, -0.25) is 4.99 Å². The van der Waals surface area contributed by atoms with Gasteiger partial charge in [-0.1, -0.05) is 31.2 Å². The van der Waals surface area contributed by atoms with Crippen LogP contribution in [0.1, 0.15) is 31.4 Å². The van der Waals surface area contributed by atoms with E-state index >= 15 is 0 Å². The van der Waals surface area contributed by atoms with Crippen LogP contribution in [0.2, 0.25) is 0 Å². The fourth-order valence-electron chi connectivity index (χ4n) is 2.22. The average Bonchev–Trinajstić information content (AvgIpc) is 2.53. The standard InChI is InChI=1S/C17H30N4O2S/c1-5-15-8-10-16(11-9-15)14-21(3)17(18-6-2)19-12-7-13-20-24(4,22)23/h8-11,20H,5-7,12-14H2,1-4H3,(H,18,19). The van der Waals surface area contributed by atoms with E-state index < -0.39 is 10.0 Å². The van der Waals surface area contributed by atoms with Crippen LogP contribution >= 0.6 is 0 Å². The first-order valence-corrected chi connectivity index (χ1v) is 10.3. The molecule has 0 amide bonds. The zero-order valence-electron chi connectivity index (χ0n) is 15.2. The molecular weight excluding hydrogens is 324 g/mol. The van der Waals surface area contributed by atoms with Crippen LogP contribution in [-0.4, -0.2) is 52.2 Å². The Hall–Kier alpha value is -1.60. The molecule has 0 bridgehead atoms. The Kier molecular flexibility index (Phi) is 8.78. The van der Waals surface area contributed by atoms with E-state index in [1.54, 1.807) is 0 Å². The lowest BCUT2D eigenvalue weighted by atomic mass is 10.1. The van der Waals surface area contributed by atoms with E-state index in [0.717, 1.165) is 31.7 Å². The van der Waals surface area contributed by atoms with E-state index in [9.17, 15) is 8.42 Å². The molecule has 1 aromatic carbocycles. The fourth-order valence-corrected chi connectivity index (χ4v) is 2.74. The highest BCUT2D eigenvalue weighted by molar-refractivity contribution is 7.88. The Bertz CT molecular complexity index is 612. The highest BCUT2D eigenvalue weighted by Crippen LogP contribution is 2.07. The zero-order valence-corrected chi connectivity index (χ0v) is 16.0. The lowest BCUT2D eigenvalue weighted by Gasteiger charge is -2.22. The summed E-state index contributed by atoms with van der Waals surface area (Å²) >= 11 is 0. The number of nitrogens with one attached hydrogen (secondary N) is 2. The van der Waals surface area contributed by atoms with Gasteiger partial charge in [0, 0.05) is 33.2 Å². The molecule has 0 fully saturated rings. The molecule has 0 spiro atoms. The van der Waals surface area contributed by atoms with Crippen LogP contribution in [0.3, 0.4) is 0 Å². The Morgan fingerprint density at radius 1 is 1.17 bits per heavy atom. The molecule has 0 aliphatic heterocycles. The number of aryl methyl sites for hydroxylation is 1. The number of sulfonamides is 1. The monoisotopic (exact) mass is 354 g/mol. The van der Waals surface area contributed by atoms with Crippen molar-refractivity contribution in [1.29, 1.82) is 0 Å². The number of rotatable bonds is 9. The molecule has 136 valence electrons. The van der Waals surface area contributed by atoms with E-state index in [4.69, 9.17) is 0 Å². The summed E-state index contributed by atoms with van der Waals surface area (Å²) in [6.07, 6.45) is 2.88. The van der Waals surface area contributed by atoms with Crippen molar-refractivity contribution in [1.82, 2.24) is 14.9 Å². The topological polar surface area (TPSA) is 73.8 Å². The molecule has 0 aliphatic rings. The Labute approximate surface area is 146 Å². The third kappa shape index (κ3) is 8.31. The van der Waals surface area contributed by atoms with Crippen LogP contribution < -0.4 is 10.0 Å². The van der Waals surface area contributed by atoms with Gasteiger partial charge >= 0.3 is 0 Å². The maximum absolute atomic E-state index is 11.0. The van der Waals surface area contributed by atoms with Gasteiger partial charge < -0.3 is 10.2 Å². The molecule has 7 heteroatoms. The van der Waals surface area contributed by atoms with Gasteiger partial charge in [-0.2, -0.15) is 0 Å². The maximum Gasteiger partial charge on any atom is 0.208 e. The first-order chi connectivity index (χ1) is 11.4. The van der Waals surface area contributed by atoms with Crippen molar-refractivity contribution in [3.63, 3.8) is 0 Å². The summed E-state index contributed by atoms with van der Waals surface area (Å²) in [5, 5.41) is 3.27. The Morgan fingerprint density at radius 3 is 2.33 bits per heavy atom. The Morgan fingerprint density at radius 2 is 1.79 bits per heavy atom. The maximum atomic E-state index is 11.0. The highest BCUT2D eigenvalue weighted by Gasteiger charge is 2.06. The summed E-state index contributed by atoms with van der Waals surface area (Å²) < 4.78 is 24.5. The normalized spacial score (nSPS) is 12.2. The quantitative estimate of drug-likeness (QED) is 0.401. The van der Waals surface area contributed by atoms with Gasteiger partial charge in [-0.25, -0.2) is 13.1 Å². The van der Waals surface area contributed by atoms with Gasteiger partial charge in [-0.15, -0.1) is 0 Å². The second kappa shape index (κ2) is 10.3. The minimum absolute atomic E-state index is 0.407. The van der Waals surface area contributed by atoms with Gasteiger partial charge in [0.15, 0.2) is 5.96 Å². The van der Waals surface area contributed by atoms with E-state index in [1.165, 1.54) is 11.1 Å². The molecule has 0 aromatic heterocycles. The molecule has 0 saturated heterocycles. The van der Waals surface area contributed by atoms with Gasteiger partial charge in [0.1, 0.15) is 0 Å². The first kappa shape index (κ1) is 20.4. The summed E-state index contributed by atoms with van der Waals surface area (Å²) in [7, 11) is -1.12. The molecule has 1 rings (SSSR count). The van der Waals surface area contributed by atoms with Crippen LogP contribution in [0.15, 0.2) is 29.3 Å². The predicted molar refractivity (Wildman–Crippen MR) is 101 cm³/mol. The van der Waals surface area contributed by atoms with Gasteiger partial charge in [-0.05, 0) is 30.9 Å². The third-order valence-electron chi connectivity index (χ3n) is 3.51. The fraction of sp³-hybridized carbons (Fsp3) is 0.588. The average molecular weight is 355 g/mol. The summed E-state index contributed by atoms with van der Waals surface area (Å²) in [5.74, 6) is 0.830. The number of hydrogen-bond donors (Lipinski definition) is 2. The van der Waals surface area contributed by atoms with Crippen molar-refractivity contribution in [3.8, 4) is 0 Å². The van der Waals surface area contributed by atoms with Gasteiger partial charge in [0.2, 0.25) is 10.0 Å². The lowest BCUT2D eigenvalue weighted by molar-refractivity contribution is 0.476. The molecule has 0 heterocycles. The number of guanidine groups is 1. The van der Waals surface area contributed by atoms with Crippen LogP contribution in [0.25, 0.3) is 0 Å². The molecule has 6 nitrogen and oxygen atoms in total. The van der Waals surface area contributed by atoms with Gasteiger partial charge in [0.05, 0.1) is 6.26 Å². The molecule has 0 radical (unpaired) electrons. The van der Waals surface area contributed by atoms with E-state index in [0.29, 0.717) is 19.5 Å². The van der Waals surface area contributed by atoms with Crippen molar-refractivity contribution in [2.24, 2.45) is 4.99 Å². The largest absolute Gasteiger partial charge is 0.357 e.